The van der Waals surface area contributed by atoms with E-state index in [9.17, 15) is 24.5 Å². The van der Waals surface area contributed by atoms with Crippen LogP contribution in [0.1, 0.15) is 42.5 Å². The average Bonchev–Trinajstić information content (AvgIpc) is 3.36. The summed E-state index contributed by atoms with van der Waals surface area (Å²) in [7, 11) is 0. The number of hydrogen-bond donors (Lipinski definition) is 3. The van der Waals surface area contributed by atoms with Crippen LogP contribution in [0.3, 0.4) is 0 Å². The lowest BCUT2D eigenvalue weighted by Gasteiger charge is -2.30. The van der Waals surface area contributed by atoms with E-state index in [4.69, 9.17) is 0 Å². The molecule has 216 valence electrons. The maximum atomic E-state index is 13.6. The smallest absolute Gasteiger partial charge is 0.227 e. The molecule has 0 unspecified atom stereocenters. The Balaban J connectivity index is 1.33. The number of anilines is 1. The lowest BCUT2D eigenvalue weighted by atomic mass is 9.86. The van der Waals surface area contributed by atoms with Crippen molar-refractivity contribution in [1.29, 1.82) is 0 Å². The number of aliphatic hydroxyl groups excluding tert-OH is 1. The highest BCUT2D eigenvalue weighted by Crippen LogP contribution is 2.47. The highest BCUT2D eigenvalue weighted by Gasteiger charge is 2.42. The quantitative estimate of drug-likeness (QED) is 0.175. The number of phenolic OH excluding ortho intramolecular Hbond substituents is 2. The van der Waals surface area contributed by atoms with E-state index in [1.54, 1.807) is 41.3 Å². The Hall–Kier alpha value is -4.94. The Morgan fingerprint density at radius 3 is 2.09 bits per heavy atom. The predicted molar refractivity (Wildman–Crippen MR) is 166 cm³/mol. The van der Waals surface area contributed by atoms with Crippen molar-refractivity contribution in [3.63, 3.8) is 0 Å². The minimum absolute atomic E-state index is 0.0514. The molecular formula is C37H32FNO4. The molecule has 6 rings (SSSR count). The molecule has 1 amide bonds. The number of benzene rings is 5. The maximum absolute atomic E-state index is 13.6. The van der Waals surface area contributed by atoms with Crippen LogP contribution in [-0.2, 0) is 4.79 Å². The van der Waals surface area contributed by atoms with Crippen LogP contribution in [0.15, 0.2) is 121 Å². The van der Waals surface area contributed by atoms with Crippen molar-refractivity contribution in [3.8, 4) is 33.8 Å². The van der Waals surface area contributed by atoms with Crippen LogP contribution in [0, 0.1) is 11.7 Å². The third-order valence-corrected chi connectivity index (χ3v) is 8.28. The van der Waals surface area contributed by atoms with E-state index in [0.29, 0.717) is 24.0 Å². The summed E-state index contributed by atoms with van der Waals surface area (Å²) in [6.45, 7) is 0. The number of carbonyl (C=O) groups excluding carboxylic acids is 1. The van der Waals surface area contributed by atoms with Gasteiger partial charge in [-0.15, -0.1) is 0 Å². The van der Waals surface area contributed by atoms with Gasteiger partial charge in [0.15, 0.2) is 0 Å². The number of aromatic hydroxyl groups is 2. The molecule has 43 heavy (non-hydrogen) atoms. The number of amides is 1. The normalized spacial score (nSPS) is 17.3. The Morgan fingerprint density at radius 1 is 0.744 bits per heavy atom. The van der Waals surface area contributed by atoms with Crippen LogP contribution in [0.4, 0.5) is 10.1 Å². The second kappa shape index (κ2) is 12.1. The van der Waals surface area contributed by atoms with Crippen molar-refractivity contribution in [3.05, 3.63) is 138 Å². The van der Waals surface area contributed by atoms with Crippen LogP contribution in [0.5, 0.6) is 11.5 Å². The molecular weight excluding hydrogens is 541 g/mol. The molecule has 0 aliphatic carbocycles. The Morgan fingerprint density at radius 2 is 1.40 bits per heavy atom. The molecule has 1 heterocycles. The van der Waals surface area contributed by atoms with Gasteiger partial charge in [-0.1, -0.05) is 78.9 Å². The lowest BCUT2D eigenvalue weighted by molar-refractivity contribution is -0.117. The summed E-state index contributed by atoms with van der Waals surface area (Å²) < 4.78 is 13.4. The average molecular weight is 574 g/mol. The van der Waals surface area contributed by atoms with Gasteiger partial charge in [-0.05, 0) is 89.0 Å². The number of phenols is 2. The minimum Gasteiger partial charge on any atom is -0.508 e. The first kappa shape index (κ1) is 28.2. The Bertz CT molecular complexity index is 1720. The third-order valence-electron chi connectivity index (χ3n) is 8.28. The molecule has 0 saturated carbocycles. The molecule has 6 heteroatoms. The monoisotopic (exact) mass is 573 g/mol. The van der Waals surface area contributed by atoms with Gasteiger partial charge < -0.3 is 20.2 Å². The predicted octanol–water partition coefficient (Wildman–Crippen LogP) is 8.18. The van der Waals surface area contributed by atoms with Crippen LogP contribution in [0.25, 0.3) is 22.3 Å². The summed E-state index contributed by atoms with van der Waals surface area (Å²) >= 11 is 0. The van der Waals surface area contributed by atoms with Gasteiger partial charge in [0.2, 0.25) is 5.91 Å². The van der Waals surface area contributed by atoms with E-state index in [0.717, 1.165) is 27.9 Å². The van der Waals surface area contributed by atoms with Crippen molar-refractivity contribution < 1.29 is 24.5 Å². The second-order valence-corrected chi connectivity index (χ2v) is 11.1. The summed E-state index contributed by atoms with van der Waals surface area (Å²) in [6.07, 6.45) is 0.344. The van der Waals surface area contributed by atoms with E-state index in [-0.39, 0.29) is 35.6 Å². The fourth-order valence-electron chi connectivity index (χ4n) is 6.09. The summed E-state index contributed by atoms with van der Waals surface area (Å²) in [6, 6.07) is 35.4. The van der Waals surface area contributed by atoms with Gasteiger partial charge in [0.05, 0.1) is 12.1 Å². The molecule has 3 atom stereocenters. The largest absolute Gasteiger partial charge is 0.508 e. The van der Waals surface area contributed by atoms with Crippen molar-refractivity contribution in [1.82, 2.24) is 0 Å². The summed E-state index contributed by atoms with van der Waals surface area (Å²) in [4.78, 5) is 15.4. The Kier molecular flexibility index (Phi) is 7.95. The first-order valence-corrected chi connectivity index (χ1v) is 14.4. The number of aliphatic hydroxyl groups is 1. The van der Waals surface area contributed by atoms with E-state index in [1.807, 2.05) is 72.8 Å². The molecule has 5 aromatic rings. The molecule has 0 aromatic heterocycles. The van der Waals surface area contributed by atoms with Crippen LogP contribution in [0.2, 0.25) is 0 Å². The number of nitrogens with zero attached hydrogens (tertiary/aromatic N) is 1. The number of halogens is 1. The van der Waals surface area contributed by atoms with Crippen LogP contribution in [-0.4, -0.2) is 21.2 Å². The zero-order chi connectivity index (χ0) is 29.9. The van der Waals surface area contributed by atoms with Gasteiger partial charge >= 0.3 is 0 Å². The SMILES string of the molecule is O=C1C[C@@H](CC[C@H](O)c2ccc(F)cc2)[C@@H](c2ccc(-c3cccc(O)c3)cc2O)N1c1ccc(-c2ccccc2)cc1. The zero-order valence-electron chi connectivity index (χ0n) is 23.5. The fraction of sp³-hybridized carbons (Fsp3) is 0.162. The molecule has 1 aliphatic heterocycles. The molecule has 5 aromatic carbocycles. The van der Waals surface area contributed by atoms with Gasteiger partial charge in [-0.3, -0.25) is 4.79 Å². The van der Waals surface area contributed by atoms with E-state index in [1.165, 1.54) is 12.1 Å². The topological polar surface area (TPSA) is 81.0 Å². The Labute approximate surface area is 250 Å². The number of rotatable bonds is 8. The first-order valence-electron chi connectivity index (χ1n) is 14.4. The molecule has 1 aliphatic rings. The number of hydrogen-bond acceptors (Lipinski definition) is 4. The minimum atomic E-state index is -0.808. The molecule has 1 fully saturated rings. The summed E-state index contributed by atoms with van der Waals surface area (Å²) in [5, 5.41) is 32.1. The summed E-state index contributed by atoms with van der Waals surface area (Å²) in [5.41, 5.74) is 5.57. The molecule has 3 N–H and O–H groups in total. The van der Waals surface area contributed by atoms with Crippen molar-refractivity contribution >= 4 is 11.6 Å². The zero-order valence-corrected chi connectivity index (χ0v) is 23.5. The van der Waals surface area contributed by atoms with Crippen LogP contribution < -0.4 is 4.90 Å². The number of carbonyl (C=O) groups is 1. The highest BCUT2D eigenvalue weighted by molar-refractivity contribution is 5.97. The van der Waals surface area contributed by atoms with Crippen molar-refractivity contribution in [2.45, 2.75) is 31.4 Å². The van der Waals surface area contributed by atoms with Gasteiger partial charge in [0.1, 0.15) is 17.3 Å². The maximum Gasteiger partial charge on any atom is 0.227 e. The molecule has 0 spiro atoms. The van der Waals surface area contributed by atoms with Gasteiger partial charge in [-0.2, -0.15) is 0 Å². The molecule has 0 radical (unpaired) electrons. The molecule has 5 nitrogen and oxygen atoms in total. The van der Waals surface area contributed by atoms with Crippen LogP contribution >= 0.6 is 0 Å². The first-order chi connectivity index (χ1) is 20.9. The van der Waals surface area contributed by atoms with E-state index < -0.39 is 12.1 Å². The highest BCUT2D eigenvalue weighted by atomic mass is 19.1. The van der Waals surface area contributed by atoms with Crippen molar-refractivity contribution in [2.24, 2.45) is 5.92 Å². The molecule has 0 bridgehead atoms. The standard InChI is InChI=1S/C37H32FNO4/c38-30-15-9-26(10-16-30)34(41)20-14-29-23-36(43)39(31-17-11-25(12-18-31)24-5-2-1-3-6-24)37(29)33-19-13-28(22-35(33)42)27-7-4-8-32(40)21-27/h1-13,15-19,21-22,29,34,37,40-42H,14,20,23H2/t29-,34+,37+/m1/s1. The summed E-state index contributed by atoms with van der Waals surface area (Å²) in [5.74, 6) is -0.428. The van der Waals surface area contributed by atoms with E-state index in [2.05, 4.69) is 0 Å². The third kappa shape index (κ3) is 6.01. The van der Waals surface area contributed by atoms with Gasteiger partial charge in [0, 0.05) is 17.7 Å². The second-order valence-electron chi connectivity index (χ2n) is 11.1. The fourth-order valence-corrected chi connectivity index (χ4v) is 6.09. The van der Waals surface area contributed by atoms with Crippen molar-refractivity contribution in [2.75, 3.05) is 4.90 Å². The molecule has 1 saturated heterocycles. The van der Waals surface area contributed by atoms with Gasteiger partial charge in [0.25, 0.3) is 0 Å². The lowest BCUT2D eigenvalue weighted by Crippen LogP contribution is -2.29. The van der Waals surface area contributed by atoms with Gasteiger partial charge in [-0.25, -0.2) is 4.39 Å². The van der Waals surface area contributed by atoms with E-state index >= 15 is 0 Å².